The summed E-state index contributed by atoms with van der Waals surface area (Å²) >= 11 is 0. The third-order valence-corrected chi connectivity index (χ3v) is 7.58. The summed E-state index contributed by atoms with van der Waals surface area (Å²) in [7, 11) is 0. The molecule has 1 aliphatic carbocycles. The largest absolute Gasteiger partial charge is 0.457 e. The van der Waals surface area contributed by atoms with Gasteiger partial charge in [0.2, 0.25) is 5.78 Å². The van der Waals surface area contributed by atoms with Crippen molar-refractivity contribution in [2.75, 3.05) is 36.0 Å². The van der Waals surface area contributed by atoms with Gasteiger partial charge < -0.3 is 14.5 Å². The van der Waals surface area contributed by atoms with Crippen molar-refractivity contribution in [2.24, 2.45) is 0 Å². The van der Waals surface area contributed by atoms with Gasteiger partial charge in [-0.15, -0.1) is 0 Å². The Morgan fingerprint density at radius 1 is 0.750 bits per heavy atom. The molecule has 158 valence electrons. The summed E-state index contributed by atoms with van der Waals surface area (Å²) in [6.07, 6.45) is 2.41. The minimum atomic E-state index is -0.933. The highest BCUT2D eigenvalue weighted by atomic mass is 16.5. The van der Waals surface area contributed by atoms with E-state index in [0.29, 0.717) is 5.56 Å². The minimum Gasteiger partial charge on any atom is -0.457 e. The fraction of sp³-hybridized carbons (Fsp3) is 0.259. The van der Waals surface area contributed by atoms with E-state index in [1.807, 2.05) is 24.3 Å². The van der Waals surface area contributed by atoms with Gasteiger partial charge in [-0.1, -0.05) is 36.4 Å². The molecule has 1 spiro atoms. The van der Waals surface area contributed by atoms with E-state index in [9.17, 15) is 4.79 Å². The SMILES string of the molecule is N=C1C(=O)c2ccccc2C12c1ccc(N3CCC3)cc1Oc1cc(N3CCC3)ccc12. The second-order valence-electron chi connectivity index (χ2n) is 9.14. The van der Waals surface area contributed by atoms with Crippen molar-refractivity contribution in [3.8, 4) is 11.5 Å². The second-order valence-corrected chi connectivity index (χ2v) is 9.14. The number of nitrogens with zero attached hydrogens (tertiary/aromatic N) is 2. The zero-order valence-corrected chi connectivity index (χ0v) is 17.7. The highest BCUT2D eigenvalue weighted by molar-refractivity contribution is 6.53. The fourth-order valence-electron chi connectivity index (χ4n) is 5.62. The predicted molar refractivity (Wildman–Crippen MR) is 125 cm³/mol. The highest BCUT2D eigenvalue weighted by Gasteiger charge is 2.55. The summed E-state index contributed by atoms with van der Waals surface area (Å²) in [6, 6.07) is 20.2. The molecule has 5 nitrogen and oxygen atoms in total. The molecule has 0 aromatic heterocycles. The van der Waals surface area contributed by atoms with Crippen LogP contribution in [0.3, 0.4) is 0 Å². The topological polar surface area (TPSA) is 56.6 Å². The summed E-state index contributed by atoms with van der Waals surface area (Å²) < 4.78 is 6.52. The van der Waals surface area contributed by atoms with Gasteiger partial charge in [0.1, 0.15) is 11.5 Å². The fourth-order valence-corrected chi connectivity index (χ4v) is 5.62. The van der Waals surface area contributed by atoms with Crippen molar-refractivity contribution in [1.82, 2.24) is 0 Å². The lowest BCUT2D eigenvalue weighted by atomic mass is 9.67. The van der Waals surface area contributed by atoms with Gasteiger partial charge in [-0.3, -0.25) is 10.2 Å². The van der Waals surface area contributed by atoms with Crippen LogP contribution in [-0.4, -0.2) is 37.7 Å². The van der Waals surface area contributed by atoms with E-state index in [2.05, 4.69) is 46.2 Å². The van der Waals surface area contributed by atoms with Crippen LogP contribution in [0.25, 0.3) is 0 Å². The van der Waals surface area contributed by atoms with Crippen molar-refractivity contribution in [1.29, 1.82) is 5.41 Å². The first-order valence-electron chi connectivity index (χ1n) is 11.4. The molecular formula is C27H23N3O2. The molecule has 32 heavy (non-hydrogen) atoms. The van der Waals surface area contributed by atoms with Gasteiger partial charge in [-0.05, 0) is 30.5 Å². The van der Waals surface area contributed by atoms with E-state index in [-0.39, 0.29) is 11.5 Å². The monoisotopic (exact) mass is 421 g/mol. The normalized spacial score (nSPS) is 19.6. The molecule has 0 unspecified atom stereocenters. The van der Waals surface area contributed by atoms with E-state index < -0.39 is 5.41 Å². The Bertz CT molecular complexity index is 1260. The first-order chi connectivity index (χ1) is 15.7. The van der Waals surface area contributed by atoms with Crippen molar-refractivity contribution < 1.29 is 9.53 Å². The summed E-state index contributed by atoms with van der Waals surface area (Å²) in [5.41, 5.74) is 4.72. The van der Waals surface area contributed by atoms with Crippen LogP contribution in [0.2, 0.25) is 0 Å². The van der Waals surface area contributed by atoms with E-state index in [4.69, 9.17) is 10.1 Å². The van der Waals surface area contributed by atoms with Crippen LogP contribution >= 0.6 is 0 Å². The standard InChI is InChI=1S/C27H23N3O2/c28-26-25(31)19-5-1-2-6-20(19)27(26)21-9-7-17(29-11-3-12-29)15-23(21)32-24-16-18(8-10-22(24)27)30-13-4-14-30/h1-2,5-10,15-16,28H,3-4,11-14H2. The number of ether oxygens (including phenoxy) is 1. The molecule has 0 radical (unpaired) electrons. The van der Waals surface area contributed by atoms with Gasteiger partial charge >= 0.3 is 0 Å². The Morgan fingerprint density at radius 3 is 1.84 bits per heavy atom. The van der Waals surface area contributed by atoms with Gasteiger partial charge in [0.25, 0.3) is 0 Å². The zero-order valence-electron chi connectivity index (χ0n) is 17.7. The number of Topliss-reactive ketones (excluding diaryl/α,β-unsaturated/α-hetero) is 1. The Labute approximate surface area is 186 Å². The van der Waals surface area contributed by atoms with Crippen LogP contribution in [0.1, 0.15) is 39.9 Å². The third-order valence-electron chi connectivity index (χ3n) is 7.58. The Kier molecular flexibility index (Phi) is 3.50. The summed E-state index contributed by atoms with van der Waals surface area (Å²) in [6.45, 7) is 4.21. The molecular weight excluding hydrogens is 398 g/mol. The molecule has 7 rings (SSSR count). The molecule has 3 aliphatic heterocycles. The van der Waals surface area contributed by atoms with Crippen molar-refractivity contribution in [3.05, 3.63) is 82.9 Å². The van der Waals surface area contributed by atoms with E-state index >= 15 is 0 Å². The second kappa shape index (κ2) is 6.22. The molecule has 3 aromatic carbocycles. The Hall–Kier alpha value is -3.60. The van der Waals surface area contributed by atoms with Crippen molar-refractivity contribution in [2.45, 2.75) is 18.3 Å². The lowest BCUT2D eigenvalue weighted by Gasteiger charge is -2.40. The number of carbonyl (C=O) groups is 1. The molecule has 3 heterocycles. The number of fused-ring (bicyclic) bond motifs is 6. The van der Waals surface area contributed by atoms with Gasteiger partial charge in [0.15, 0.2) is 0 Å². The number of hydrogen-bond acceptors (Lipinski definition) is 5. The quantitative estimate of drug-likeness (QED) is 0.648. The number of ketones is 1. The number of rotatable bonds is 2. The maximum Gasteiger partial charge on any atom is 0.208 e. The van der Waals surface area contributed by atoms with Crippen LogP contribution in [0.5, 0.6) is 11.5 Å². The van der Waals surface area contributed by atoms with Crippen LogP contribution in [0.4, 0.5) is 11.4 Å². The van der Waals surface area contributed by atoms with E-state index in [0.717, 1.165) is 65.7 Å². The molecule has 0 atom stereocenters. The number of hydrogen-bond donors (Lipinski definition) is 1. The van der Waals surface area contributed by atoms with Gasteiger partial charge in [-0.2, -0.15) is 0 Å². The van der Waals surface area contributed by atoms with Crippen molar-refractivity contribution in [3.63, 3.8) is 0 Å². The molecule has 2 saturated heterocycles. The summed E-state index contributed by atoms with van der Waals surface area (Å²) in [5, 5.41) is 9.09. The highest BCUT2D eigenvalue weighted by Crippen LogP contribution is 2.57. The zero-order chi connectivity index (χ0) is 21.4. The number of benzene rings is 3. The number of nitrogens with one attached hydrogen (secondary N) is 1. The maximum absolute atomic E-state index is 13.3. The molecule has 0 saturated carbocycles. The van der Waals surface area contributed by atoms with Gasteiger partial charge in [0, 0.05) is 66.4 Å². The van der Waals surface area contributed by atoms with Crippen LogP contribution < -0.4 is 14.5 Å². The summed E-state index contributed by atoms with van der Waals surface area (Å²) in [5.74, 6) is 1.30. The number of anilines is 2. The molecule has 0 amide bonds. The van der Waals surface area contributed by atoms with E-state index in [1.165, 1.54) is 12.8 Å². The number of carbonyl (C=O) groups excluding carboxylic acids is 1. The van der Waals surface area contributed by atoms with E-state index in [1.54, 1.807) is 0 Å². The molecule has 5 heteroatoms. The lowest BCUT2D eigenvalue weighted by molar-refractivity contribution is 0.106. The van der Waals surface area contributed by atoms with Crippen molar-refractivity contribution >= 4 is 22.9 Å². The average Bonchev–Trinajstić information content (AvgIpc) is 2.94. The summed E-state index contributed by atoms with van der Waals surface area (Å²) in [4.78, 5) is 17.9. The van der Waals surface area contributed by atoms with Gasteiger partial charge in [0.05, 0.1) is 11.1 Å². The third kappa shape index (κ3) is 2.13. The average molecular weight is 422 g/mol. The van der Waals surface area contributed by atoms with Crippen LogP contribution in [0, 0.1) is 5.41 Å². The smallest absolute Gasteiger partial charge is 0.208 e. The predicted octanol–water partition coefficient (Wildman–Crippen LogP) is 4.76. The molecule has 4 aliphatic rings. The van der Waals surface area contributed by atoms with Gasteiger partial charge in [-0.25, -0.2) is 0 Å². The first kappa shape index (κ1) is 18.0. The Balaban J connectivity index is 1.51. The minimum absolute atomic E-state index is 0.109. The van der Waals surface area contributed by atoms with Crippen LogP contribution in [0.15, 0.2) is 60.7 Å². The Morgan fingerprint density at radius 2 is 1.31 bits per heavy atom. The molecule has 2 fully saturated rings. The van der Waals surface area contributed by atoms with Crippen LogP contribution in [-0.2, 0) is 5.41 Å². The molecule has 1 N–H and O–H groups in total. The maximum atomic E-state index is 13.3. The lowest BCUT2D eigenvalue weighted by Crippen LogP contribution is -2.40. The molecule has 0 bridgehead atoms. The molecule has 3 aromatic rings. The first-order valence-corrected chi connectivity index (χ1v) is 11.4.